The zero-order valence-electron chi connectivity index (χ0n) is 8.57. The van der Waals surface area contributed by atoms with E-state index in [0.717, 1.165) is 5.39 Å². The van der Waals surface area contributed by atoms with E-state index in [0.29, 0.717) is 24.0 Å². The fraction of sp³-hybridized carbons (Fsp3) is 0.250. The number of halogens is 1. The molecule has 1 aromatic carbocycles. The second-order valence-electron chi connectivity index (χ2n) is 3.61. The van der Waals surface area contributed by atoms with E-state index >= 15 is 0 Å². The van der Waals surface area contributed by atoms with Gasteiger partial charge in [-0.3, -0.25) is 4.79 Å². The van der Waals surface area contributed by atoms with Crippen LogP contribution in [-0.4, -0.2) is 11.1 Å². The number of hydrogen-bond donors (Lipinski definition) is 1. The minimum absolute atomic E-state index is 0.0493. The van der Waals surface area contributed by atoms with Gasteiger partial charge < -0.3 is 9.52 Å². The molecule has 0 saturated carbocycles. The fourth-order valence-corrected chi connectivity index (χ4v) is 1.75. The number of aryl methyl sites for hydroxylation is 1. The first-order valence-electron chi connectivity index (χ1n) is 5.05. The van der Waals surface area contributed by atoms with Crippen LogP contribution in [0.5, 0.6) is 0 Å². The van der Waals surface area contributed by atoms with Crippen LogP contribution < -0.4 is 0 Å². The van der Waals surface area contributed by atoms with Crippen LogP contribution in [0, 0.1) is 5.82 Å². The molecule has 0 radical (unpaired) electrons. The molecular weight excluding hydrogens is 211 g/mol. The van der Waals surface area contributed by atoms with Gasteiger partial charge in [0.1, 0.15) is 11.4 Å². The quantitative estimate of drug-likeness (QED) is 0.865. The third-order valence-corrected chi connectivity index (χ3v) is 2.51. The number of rotatable bonds is 4. The van der Waals surface area contributed by atoms with Gasteiger partial charge in [0.2, 0.25) is 0 Å². The summed E-state index contributed by atoms with van der Waals surface area (Å²) in [6.07, 6.45) is 2.39. The lowest BCUT2D eigenvalue weighted by Gasteiger charge is -2.03. The predicted molar refractivity (Wildman–Crippen MR) is 56.7 cm³/mol. The molecule has 0 amide bonds. The molecule has 0 saturated heterocycles. The SMILES string of the molecule is O=C(O)CCCc1c(F)ccc2occc12. The topological polar surface area (TPSA) is 50.4 Å². The van der Waals surface area contributed by atoms with Crippen molar-refractivity contribution in [2.45, 2.75) is 19.3 Å². The van der Waals surface area contributed by atoms with Crippen LogP contribution in [-0.2, 0) is 11.2 Å². The first kappa shape index (κ1) is 10.7. The van der Waals surface area contributed by atoms with Crippen molar-refractivity contribution in [3.05, 3.63) is 35.8 Å². The first-order chi connectivity index (χ1) is 7.68. The number of carbonyl (C=O) groups is 1. The first-order valence-corrected chi connectivity index (χ1v) is 5.05. The van der Waals surface area contributed by atoms with Crippen molar-refractivity contribution in [2.24, 2.45) is 0 Å². The second kappa shape index (κ2) is 4.35. The predicted octanol–water partition coefficient (Wildman–Crippen LogP) is 2.98. The van der Waals surface area contributed by atoms with E-state index in [9.17, 15) is 9.18 Å². The highest BCUT2D eigenvalue weighted by atomic mass is 19.1. The smallest absolute Gasteiger partial charge is 0.303 e. The molecule has 0 atom stereocenters. The third-order valence-electron chi connectivity index (χ3n) is 2.51. The molecule has 0 spiro atoms. The Morgan fingerprint density at radius 2 is 2.19 bits per heavy atom. The van der Waals surface area contributed by atoms with Gasteiger partial charge in [0.05, 0.1) is 6.26 Å². The average molecular weight is 222 g/mol. The van der Waals surface area contributed by atoms with Gasteiger partial charge >= 0.3 is 5.97 Å². The van der Waals surface area contributed by atoms with Crippen molar-refractivity contribution in [3.8, 4) is 0 Å². The highest BCUT2D eigenvalue weighted by molar-refractivity contribution is 5.81. The van der Waals surface area contributed by atoms with Crippen LogP contribution >= 0.6 is 0 Å². The molecule has 84 valence electrons. The molecule has 0 fully saturated rings. The summed E-state index contributed by atoms with van der Waals surface area (Å²) in [7, 11) is 0. The molecule has 0 aliphatic heterocycles. The number of hydrogen-bond acceptors (Lipinski definition) is 2. The van der Waals surface area contributed by atoms with Gasteiger partial charge in [-0.05, 0) is 36.6 Å². The van der Waals surface area contributed by atoms with Crippen molar-refractivity contribution >= 4 is 16.9 Å². The molecule has 2 aromatic rings. The summed E-state index contributed by atoms with van der Waals surface area (Å²) in [6.45, 7) is 0. The Bertz CT molecular complexity index is 516. The van der Waals surface area contributed by atoms with Crippen molar-refractivity contribution in [1.29, 1.82) is 0 Å². The molecule has 3 nitrogen and oxygen atoms in total. The molecule has 0 aliphatic rings. The molecule has 0 bridgehead atoms. The van der Waals surface area contributed by atoms with Crippen LogP contribution in [0.1, 0.15) is 18.4 Å². The van der Waals surface area contributed by atoms with Gasteiger partial charge in [-0.1, -0.05) is 0 Å². The monoisotopic (exact) mass is 222 g/mol. The zero-order chi connectivity index (χ0) is 11.5. The number of carboxylic acid groups (broad SMARTS) is 1. The zero-order valence-corrected chi connectivity index (χ0v) is 8.57. The molecule has 2 rings (SSSR count). The third kappa shape index (κ3) is 2.05. The summed E-state index contributed by atoms with van der Waals surface area (Å²) in [5, 5.41) is 9.25. The number of furan rings is 1. The van der Waals surface area contributed by atoms with Crippen molar-refractivity contribution in [1.82, 2.24) is 0 Å². The van der Waals surface area contributed by atoms with Gasteiger partial charge in [0.15, 0.2) is 0 Å². The Hall–Kier alpha value is -1.84. The van der Waals surface area contributed by atoms with E-state index in [1.54, 1.807) is 12.1 Å². The second-order valence-corrected chi connectivity index (χ2v) is 3.61. The Labute approximate surface area is 91.5 Å². The summed E-state index contributed by atoms with van der Waals surface area (Å²) < 4.78 is 18.7. The molecule has 1 aromatic heterocycles. The van der Waals surface area contributed by atoms with Gasteiger partial charge in [0.25, 0.3) is 0 Å². The number of aliphatic carboxylic acids is 1. The maximum Gasteiger partial charge on any atom is 0.303 e. The molecule has 1 heterocycles. The van der Waals surface area contributed by atoms with Gasteiger partial charge in [-0.2, -0.15) is 0 Å². The Morgan fingerprint density at radius 3 is 2.94 bits per heavy atom. The van der Waals surface area contributed by atoms with E-state index < -0.39 is 5.97 Å². The molecule has 1 N–H and O–H groups in total. The van der Waals surface area contributed by atoms with Crippen LogP contribution in [0.25, 0.3) is 11.0 Å². The molecule has 0 aliphatic carbocycles. The number of carboxylic acids is 1. The van der Waals surface area contributed by atoms with Gasteiger partial charge in [0, 0.05) is 11.8 Å². The fourth-order valence-electron chi connectivity index (χ4n) is 1.75. The Morgan fingerprint density at radius 1 is 1.38 bits per heavy atom. The Kier molecular flexibility index (Phi) is 2.90. The molecule has 4 heteroatoms. The van der Waals surface area contributed by atoms with E-state index in [2.05, 4.69) is 0 Å². The van der Waals surface area contributed by atoms with E-state index in [4.69, 9.17) is 9.52 Å². The minimum atomic E-state index is -0.861. The summed E-state index contributed by atoms with van der Waals surface area (Å²) >= 11 is 0. The highest BCUT2D eigenvalue weighted by Gasteiger charge is 2.10. The van der Waals surface area contributed by atoms with Crippen molar-refractivity contribution in [3.63, 3.8) is 0 Å². The van der Waals surface area contributed by atoms with Crippen LogP contribution in [0.2, 0.25) is 0 Å². The largest absolute Gasteiger partial charge is 0.481 e. The lowest BCUT2D eigenvalue weighted by molar-refractivity contribution is -0.137. The average Bonchev–Trinajstić information content (AvgIpc) is 2.69. The maximum atomic E-state index is 13.5. The highest BCUT2D eigenvalue weighted by Crippen LogP contribution is 2.24. The van der Waals surface area contributed by atoms with Gasteiger partial charge in [-0.25, -0.2) is 4.39 Å². The summed E-state index contributed by atoms with van der Waals surface area (Å²) in [5.41, 5.74) is 1.17. The minimum Gasteiger partial charge on any atom is -0.481 e. The summed E-state index contributed by atoms with van der Waals surface area (Å²) in [6, 6.07) is 4.63. The normalized spacial score (nSPS) is 10.8. The van der Waals surface area contributed by atoms with Crippen LogP contribution in [0.4, 0.5) is 4.39 Å². The van der Waals surface area contributed by atoms with E-state index in [-0.39, 0.29) is 12.2 Å². The lowest BCUT2D eigenvalue weighted by Crippen LogP contribution is -1.97. The van der Waals surface area contributed by atoms with E-state index in [1.165, 1.54) is 12.3 Å². The van der Waals surface area contributed by atoms with Crippen LogP contribution in [0.3, 0.4) is 0 Å². The van der Waals surface area contributed by atoms with Crippen LogP contribution in [0.15, 0.2) is 28.9 Å². The molecular formula is C12H11FO3. The van der Waals surface area contributed by atoms with Gasteiger partial charge in [-0.15, -0.1) is 0 Å². The molecule has 16 heavy (non-hydrogen) atoms. The van der Waals surface area contributed by atoms with Crippen molar-refractivity contribution < 1.29 is 18.7 Å². The summed E-state index contributed by atoms with van der Waals surface area (Å²) in [4.78, 5) is 10.4. The standard InChI is InChI=1S/C12H11FO3/c13-10-4-5-11-9(6-7-16-11)8(10)2-1-3-12(14)15/h4-7H,1-3H2,(H,14,15). The number of fused-ring (bicyclic) bond motifs is 1. The number of benzene rings is 1. The van der Waals surface area contributed by atoms with E-state index in [1.807, 2.05) is 0 Å². The Balaban J connectivity index is 2.24. The van der Waals surface area contributed by atoms with Crippen molar-refractivity contribution in [2.75, 3.05) is 0 Å². The lowest BCUT2D eigenvalue weighted by atomic mass is 10.0. The summed E-state index contributed by atoms with van der Waals surface area (Å²) in [5.74, 6) is -1.17. The maximum absolute atomic E-state index is 13.5. The molecule has 0 unspecified atom stereocenters.